The van der Waals surface area contributed by atoms with Crippen molar-refractivity contribution in [3.63, 3.8) is 0 Å². The molecule has 2 atom stereocenters. The molecule has 0 aliphatic carbocycles. The molecule has 0 saturated carbocycles. The van der Waals surface area contributed by atoms with Crippen LogP contribution in [-0.2, 0) is 0 Å². The number of aromatic amines is 1. The zero-order chi connectivity index (χ0) is 15.6. The van der Waals surface area contributed by atoms with E-state index < -0.39 is 18.1 Å². The van der Waals surface area contributed by atoms with Gasteiger partial charge in [0, 0.05) is 24.8 Å². The SMILES string of the molecule is CN1C[C@@H](NC(=O)c2ccc(=O)[nH]c2)CC[C@H]1C(F)(F)F. The van der Waals surface area contributed by atoms with E-state index in [1.165, 1.54) is 30.3 Å². The van der Waals surface area contributed by atoms with Crippen LogP contribution in [0.15, 0.2) is 23.1 Å². The lowest BCUT2D eigenvalue weighted by atomic mass is 9.98. The first-order valence-corrected chi connectivity index (χ1v) is 6.54. The molecule has 1 aromatic heterocycles. The summed E-state index contributed by atoms with van der Waals surface area (Å²) in [7, 11) is 1.40. The van der Waals surface area contributed by atoms with Gasteiger partial charge in [0.25, 0.3) is 5.91 Å². The largest absolute Gasteiger partial charge is 0.404 e. The molecule has 116 valence electrons. The number of carbonyl (C=O) groups is 1. The van der Waals surface area contributed by atoms with E-state index >= 15 is 0 Å². The van der Waals surface area contributed by atoms with Crippen LogP contribution in [0.3, 0.4) is 0 Å². The second kappa shape index (κ2) is 5.88. The average Bonchev–Trinajstić information content (AvgIpc) is 2.37. The average molecular weight is 303 g/mol. The predicted molar refractivity (Wildman–Crippen MR) is 70.0 cm³/mol. The number of pyridine rings is 1. The van der Waals surface area contributed by atoms with Crippen LogP contribution in [-0.4, -0.2) is 47.6 Å². The number of H-pyrrole nitrogens is 1. The fraction of sp³-hybridized carbons (Fsp3) is 0.538. The molecule has 0 bridgehead atoms. The van der Waals surface area contributed by atoms with E-state index in [1.807, 2.05) is 0 Å². The van der Waals surface area contributed by atoms with Crippen LogP contribution in [0.5, 0.6) is 0 Å². The van der Waals surface area contributed by atoms with Crippen molar-refractivity contribution in [2.45, 2.75) is 31.1 Å². The fourth-order valence-electron chi connectivity index (χ4n) is 2.50. The van der Waals surface area contributed by atoms with E-state index in [-0.39, 0.29) is 36.6 Å². The summed E-state index contributed by atoms with van der Waals surface area (Å²) < 4.78 is 38.2. The van der Waals surface area contributed by atoms with Gasteiger partial charge < -0.3 is 10.3 Å². The maximum atomic E-state index is 12.7. The first kappa shape index (κ1) is 15.6. The molecule has 5 nitrogen and oxygen atoms in total. The molecule has 0 spiro atoms. The summed E-state index contributed by atoms with van der Waals surface area (Å²) >= 11 is 0. The van der Waals surface area contributed by atoms with Crippen molar-refractivity contribution in [1.29, 1.82) is 0 Å². The monoisotopic (exact) mass is 303 g/mol. The van der Waals surface area contributed by atoms with Gasteiger partial charge in [0.1, 0.15) is 6.04 Å². The number of hydrogen-bond acceptors (Lipinski definition) is 3. The third-order valence-electron chi connectivity index (χ3n) is 3.59. The molecule has 1 fully saturated rings. The van der Waals surface area contributed by atoms with E-state index in [0.717, 1.165) is 0 Å². The van der Waals surface area contributed by atoms with E-state index in [9.17, 15) is 22.8 Å². The van der Waals surface area contributed by atoms with Gasteiger partial charge in [-0.3, -0.25) is 14.5 Å². The number of likely N-dealkylation sites (tertiary alicyclic amines) is 1. The standard InChI is InChI=1S/C13H16F3N3O2/c1-19-7-9(3-4-10(19)13(14,15)16)18-12(21)8-2-5-11(20)17-6-8/h2,5-6,9-10H,3-4,7H2,1H3,(H,17,20)(H,18,21)/t9-,10-/m0/s1. The number of alkyl halides is 3. The van der Waals surface area contributed by atoms with Crippen molar-refractivity contribution in [3.8, 4) is 0 Å². The van der Waals surface area contributed by atoms with Crippen molar-refractivity contribution >= 4 is 5.91 Å². The molecule has 1 aliphatic rings. The maximum absolute atomic E-state index is 12.7. The summed E-state index contributed by atoms with van der Waals surface area (Å²) in [5.74, 6) is -0.407. The summed E-state index contributed by atoms with van der Waals surface area (Å²) in [5.41, 5.74) is -0.0489. The lowest BCUT2D eigenvalue weighted by Gasteiger charge is -2.38. The van der Waals surface area contributed by atoms with Gasteiger partial charge in [0.15, 0.2) is 0 Å². The van der Waals surface area contributed by atoms with Crippen LogP contribution in [0.25, 0.3) is 0 Å². The number of amides is 1. The number of aromatic nitrogens is 1. The minimum Gasteiger partial charge on any atom is -0.348 e. The van der Waals surface area contributed by atoms with Gasteiger partial charge >= 0.3 is 6.18 Å². The van der Waals surface area contributed by atoms with E-state index in [4.69, 9.17) is 0 Å². The molecule has 1 aromatic rings. The number of nitrogens with one attached hydrogen (secondary N) is 2. The number of carbonyl (C=O) groups excluding carboxylic acids is 1. The molecule has 1 amide bonds. The van der Waals surface area contributed by atoms with Crippen molar-refractivity contribution in [2.75, 3.05) is 13.6 Å². The highest BCUT2D eigenvalue weighted by molar-refractivity contribution is 5.94. The van der Waals surface area contributed by atoms with Crippen LogP contribution in [0, 0.1) is 0 Å². The van der Waals surface area contributed by atoms with Crippen LogP contribution in [0.1, 0.15) is 23.2 Å². The number of halogens is 3. The summed E-state index contributed by atoms with van der Waals surface area (Å²) in [5, 5.41) is 2.69. The Morgan fingerprint density at radius 1 is 1.38 bits per heavy atom. The first-order chi connectivity index (χ1) is 9.77. The van der Waals surface area contributed by atoms with Crippen molar-refractivity contribution in [2.24, 2.45) is 0 Å². The predicted octanol–water partition coefficient (Wildman–Crippen LogP) is 1.13. The minimum absolute atomic E-state index is 0.0451. The second-order valence-corrected chi connectivity index (χ2v) is 5.19. The molecule has 0 aromatic carbocycles. The lowest BCUT2D eigenvalue weighted by molar-refractivity contribution is -0.188. The molecule has 1 aliphatic heterocycles. The Balaban J connectivity index is 1.95. The van der Waals surface area contributed by atoms with Gasteiger partial charge in [0.05, 0.1) is 5.56 Å². The quantitative estimate of drug-likeness (QED) is 0.861. The molecule has 8 heteroatoms. The molecule has 1 saturated heterocycles. The highest BCUT2D eigenvalue weighted by Gasteiger charge is 2.44. The highest BCUT2D eigenvalue weighted by Crippen LogP contribution is 2.30. The number of hydrogen-bond donors (Lipinski definition) is 2. The molecule has 0 unspecified atom stereocenters. The molecular formula is C13H16F3N3O2. The summed E-state index contributed by atoms with van der Waals surface area (Å²) in [6.45, 7) is 0.138. The summed E-state index contributed by atoms with van der Waals surface area (Å²) in [6, 6.07) is 0.799. The smallest absolute Gasteiger partial charge is 0.348 e. The van der Waals surface area contributed by atoms with Gasteiger partial charge in [-0.25, -0.2) is 0 Å². The van der Waals surface area contributed by atoms with Crippen LogP contribution in [0.2, 0.25) is 0 Å². The zero-order valence-corrected chi connectivity index (χ0v) is 11.4. The summed E-state index contributed by atoms with van der Waals surface area (Å²) in [4.78, 5) is 26.4. The van der Waals surface area contributed by atoms with E-state index in [2.05, 4.69) is 10.3 Å². The van der Waals surface area contributed by atoms with Crippen LogP contribution < -0.4 is 10.9 Å². The van der Waals surface area contributed by atoms with Gasteiger partial charge in [-0.1, -0.05) is 0 Å². The molecular weight excluding hydrogens is 287 g/mol. The Morgan fingerprint density at radius 3 is 2.62 bits per heavy atom. The fourth-order valence-corrected chi connectivity index (χ4v) is 2.50. The maximum Gasteiger partial charge on any atom is 0.404 e. The van der Waals surface area contributed by atoms with Gasteiger partial charge in [-0.2, -0.15) is 13.2 Å². The topological polar surface area (TPSA) is 65.2 Å². The van der Waals surface area contributed by atoms with Crippen molar-refractivity contribution < 1.29 is 18.0 Å². The minimum atomic E-state index is -4.25. The molecule has 2 rings (SSSR count). The Labute approximate surface area is 119 Å². The Kier molecular flexibility index (Phi) is 4.36. The van der Waals surface area contributed by atoms with E-state index in [0.29, 0.717) is 0 Å². The van der Waals surface area contributed by atoms with Gasteiger partial charge in [-0.15, -0.1) is 0 Å². The van der Waals surface area contributed by atoms with Gasteiger partial charge in [0.2, 0.25) is 5.56 Å². The van der Waals surface area contributed by atoms with Crippen LogP contribution in [0.4, 0.5) is 13.2 Å². The normalized spacial score (nSPS) is 23.8. The van der Waals surface area contributed by atoms with Crippen LogP contribution >= 0.6 is 0 Å². The third kappa shape index (κ3) is 3.84. The van der Waals surface area contributed by atoms with E-state index in [1.54, 1.807) is 0 Å². The summed E-state index contributed by atoms with van der Waals surface area (Å²) in [6.07, 6.45) is -2.74. The Bertz CT molecular complexity index is 550. The number of likely N-dealkylation sites (N-methyl/N-ethyl adjacent to an activating group) is 1. The Morgan fingerprint density at radius 2 is 2.10 bits per heavy atom. The number of rotatable bonds is 2. The molecule has 21 heavy (non-hydrogen) atoms. The first-order valence-electron chi connectivity index (χ1n) is 6.54. The molecule has 2 heterocycles. The lowest BCUT2D eigenvalue weighted by Crippen LogP contribution is -2.54. The van der Waals surface area contributed by atoms with Crippen molar-refractivity contribution in [3.05, 3.63) is 34.2 Å². The zero-order valence-electron chi connectivity index (χ0n) is 11.4. The van der Waals surface area contributed by atoms with Crippen molar-refractivity contribution in [1.82, 2.24) is 15.2 Å². The highest BCUT2D eigenvalue weighted by atomic mass is 19.4. The molecule has 0 radical (unpaired) electrons. The second-order valence-electron chi connectivity index (χ2n) is 5.19. The number of piperidine rings is 1. The molecule has 2 N–H and O–H groups in total. The third-order valence-corrected chi connectivity index (χ3v) is 3.59. The number of nitrogens with zero attached hydrogens (tertiary/aromatic N) is 1. The Hall–Kier alpha value is -1.83. The van der Waals surface area contributed by atoms with Gasteiger partial charge in [-0.05, 0) is 26.0 Å².